The van der Waals surface area contributed by atoms with Crippen molar-refractivity contribution in [1.82, 2.24) is 15.0 Å². The first-order chi connectivity index (χ1) is 8.08. The molecule has 0 aliphatic heterocycles. The fraction of sp³-hybridized carbons (Fsp3) is 0.250. The summed E-state index contributed by atoms with van der Waals surface area (Å²) in [6.45, 7) is 3.75. The quantitative estimate of drug-likeness (QED) is 0.869. The zero-order valence-corrected chi connectivity index (χ0v) is 9.71. The second-order valence-corrected chi connectivity index (χ2v) is 3.94. The van der Waals surface area contributed by atoms with Crippen LogP contribution in [0.15, 0.2) is 24.3 Å². The fourth-order valence-electron chi connectivity index (χ4n) is 1.62. The SMILES string of the molecule is Cc1ccc(-n2nnc(C)c2CC(=O)O)cc1. The first-order valence-corrected chi connectivity index (χ1v) is 5.28. The van der Waals surface area contributed by atoms with Gasteiger partial charge >= 0.3 is 5.97 Å². The molecular weight excluding hydrogens is 218 g/mol. The van der Waals surface area contributed by atoms with Crippen molar-refractivity contribution in [2.24, 2.45) is 0 Å². The van der Waals surface area contributed by atoms with E-state index in [0.717, 1.165) is 11.3 Å². The highest BCUT2D eigenvalue weighted by atomic mass is 16.4. The molecule has 0 saturated heterocycles. The highest BCUT2D eigenvalue weighted by Gasteiger charge is 2.13. The molecular formula is C12H13N3O2. The zero-order chi connectivity index (χ0) is 12.4. The largest absolute Gasteiger partial charge is 0.481 e. The number of nitrogens with zero attached hydrogens (tertiary/aromatic N) is 3. The number of carbonyl (C=O) groups is 1. The van der Waals surface area contributed by atoms with E-state index in [1.165, 1.54) is 0 Å². The molecule has 1 N–H and O–H groups in total. The predicted molar refractivity (Wildman–Crippen MR) is 62.2 cm³/mol. The van der Waals surface area contributed by atoms with Crippen LogP contribution in [-0.4, -0.2) is 26.1 Å². The standard InChI is InChI=1S/C12H13N3O2/c1-8-3-5-10(6-4-8)15-11(7-12(16)17)9(2)13-14-15/h3-6H,7H2,1-2H3,(H,16,17). The van der Waals surface area contributed by atoms with Crippen LogP contribution in [0.1, 0.15) is 17.0 Å². The Morgan fingerprint density at radius 1 is 1.29 bits per heavy atom. The van der Waals surface area contributed by atoms with Gasteiger partial charge in [0.1, 0.15) is 0 Å². The second-order valence-electron chi connectivity index (χ2n) is 3.94. The van der Waals surface area contributed by atoms with Crippen molar-refractivity contribution in [3.05, 3.63) is 41.2 Å². The lowest BCUT2D eigenvalue weighted by molar-refractivity contribution is -0.136. The number of carboxylic acids is 1. The number of benzene rings is 1. The van der Waals surface area contributed by atoms with Gasteiger partial charge in [0.2, 0.25) is 0 Å². The Morgan fingerprint density at radius 3 is 2.53 bits per heavy atom. The van der Waals surface area contributed by atoms with Gasteiger partial charge in [-0.05, 0) is 26.0 Å². The van der Waals surface area contributed by atoms with Gasteiger partial charge in [0.15, 0.2) is 0 Å². The van der Waals surface area contributed by atoms with Crippen molar-refractivity contribution < 1.29 is 9.90 Å². The number of hydrogen-bond donors (Lipinski definition) is 1. The van der Waals surface area contributed by atoms with E-state index in [1.807, 2.05) is 31.2 Å². The summed E-state index contributed by atoms with van der Waals surface area (Å²) >= 11 is 0. The summed E-state index contributed by atoms with van der Waals surface area (Å²) in [5, 5.41) is 16.7. The number of hydrogen-bond acceptors (Lipinski definition) is 3. The molecule has 0 spiro atoms. The van der Waals surface area contributed by atoms with Gasteiger partial charge in [-0.25, -0.2) is 4.68 Å². The molecule has 0 aliphatic carbocycles. The van der Waals surface area contributed by atoms with Gasteiger partial charge in [-0.3, -0.25) is 4.79 Å². The van der Waals surface area contributed by atoms with E-state index >= 15 is 0 Å². The van der Waals surface area contributed by atoms with Crippen molar-refractivity contribution in [1.29, 1.82) is 0 Å². The van der Waals surface area contributed by atoms with E-state index in [9.17, 15) is 4.79 Å². The summed E-state index contributed by atoms with van der Waals surface area (Å²) in [6, 6.07) is 7.71. The van der Waals surface area contributed by atoms with Crippen LogP contribution in [0.4, 0.5) is 0 Å². The summed E-state index contributed by atoms with van der Waals surface area (Å²) < 4.78 is 1.57. The van der Waals surface area contributed by atoms with Crippen molar-refractivity contribution in [3.63, 3.8) is 0 Å². The number of aromatic nitrogens is 3. The molecule has 0 saturated carbocycles. The summed E-state index contributed by atoms with van der Waals surface area (Å²) in [7, 11) is 0. The average molecular weight is 231 g/mol. The molecule has 5 heteroatoms. The van der Waals surface area contributed by atoms with E-state index in [1.54, 1.807) is 11.6 Å². The minimum absolute atomic E-state index is 0.0767. The Bertz CT molecular complexity index is 543. The molecule has 0 bridgehead atoms. The normalized spacial score (nSPS) is 10.5. The monoisotopic (exact) mass is 231 g/mol. The van der Waals surface area contributed by atoms with Gasteiger partial charge in [-0.2, -0.15) is 0 Å². The van der Waals surface area contributed by atoms with Crippen molar-refractivity contribution in [2.75, 3.05) is 0 Å². The van der Waals surface area contributed by atoms with Gasteiger partial charge < -0.3 is 5.11 Å². The summed E-state index contributed by atoms with van der Waals surface area (Å²) in [5.41, 5.74) is 3.23. The molecule has 0 amide bonds. The van der Waals surface area contributed by atoms with Crippen molar-refractivity contribution in [3.8, 4) is 5.69 Å². The first-order valence-electron chi connectivity index (χ1n) is 5.28. The number of aryl methyl sites for hydroxylation is 2. The molecule has 1 aromatic carbocycles. The molecule has 88 valence electrons. The lowest BCUT2D eigenvalue weighted by Crippen LogP contribution is -2.09. The smallest absolute Gasteiger partial charge is 0.309 e. The van der Waals surface area contributed by atoms with Crippen LogP contribution >= 0.6 is 0 Å². The minimum Gasteiger partial charge on any atom is -0.481 e. The third-order valence-corrected chi connectivity index (χ3v) is 2.55. The third-order valence-electron chi connectivity index (χ3n) is 2.55. The summed E-state index contributed by atoms with van der Waals surface area (Å²) in [4.78, 5) is 10.8. The number of carboxylic acid groups (broad SMARTS) is 1. The van der Waals surface area contributed by atoms with E-state index in [2.05, 4.69) is 10.3 Å². The summed E-state index contributed by atoms with van der Waals surface area (Å²) in [5.74, 6) is -0.885. The molecule has 1 heterocycles. The molecule has 0 radical (unpaired) electrons. The Morgan fingerprint density at radius 2 is 1.94 bits per heavy atom. The Kier molecular flexibility index (Phi) is 2.91. The van der Waals surface area contributed by atoms with Crippen LogP contribution in [0, 0.1) is 13.8 Å². The van der Waals surface area contributed by atoms with Crippen LogP contribution in [-0.2, 0) is 11.2 Å². The van der Waals surface area contributed by atoms with Crippen LogP contribution in [0.25, 0.3) is 5.69 Å². The highest BCUT2D eigenvalue weighted by Crippen LogP contribution is 2.13. The van der Waals surface area contributed by atoms with E-state index in [-0.39, 0.29) is 6.42 Å². The Hall–Kier alpha value is -2.17. The second kappa shape index (κ2) is 4.37. The van der Waals surface area contributed by atoms with Crippen molar-refractivity contribution in [2.45, 2.75) is 20.3 Å². The van der Waals surface area contributed by atoms with Crippen LogP contribution in [0.2, 0.25) is 0 Å². The predicted octanol–water partition coefficient (Wildman–Crippen LogP) is 1.51. The van der Waals surface area contributed by atoms with Crippen molar-refractivity contribution >= 4 is 5.97 Å². The fourth-order valence-corrected chi connectivity index (χ4v) is 1.62. The summed E-state index contributed by atoms with van der Waals surface area (Å²) in [6.07, 6.45) is -0.0767. The molecule has 17 heavy (non-hydrogen) atoms. The van der Waals surface area contributed by atoms with E-state index in [4.69, 9.17) is 5.11 Å². The maximum absolute atomic E-state index is 10.8. The van der Waals surface area contributed by atoms with Crippen LogP contribution in [0.3, 0.4) is 0 Å². The number of aliphatic carboxylic acids is 1. The maximum Gasteiger partial charge on any atom is 0.309 e. The third kappa shape index (κ3) is 2.33. The topological polar surface area (TPSA) is 68.0 Å². The number of rotatable bonds is 3. The molecule has 2 aromatic rings. The van der Waals surface area contributed by atoms with Gasteiger partial charge in [-0.15, -0.1) is 5.10 Å². The molecule has 0 atom stereocenters. The minimum atomic E-state index is -0.885. The Labute approximate surface area is 98.7 Å². The molecule has 2 rings (SSSR count). The molecule has 0 aliphatic rings. The van der Waals surface area contributed by atoms with Gasteiger partial charge in [0.05, 0.1) is 23.5 Å². The van der Waals surface area contributed by atoms with Gasteiger partial charge in [0.25, 0.3) is 0 Å². The van der Waals surface area contributed by atoms with Gasteiger partial charge in [-0.1, -0.05) is 22.9 Å². The molecule has 1 aromatic heterocycles. The molecule has 0 fully saturated rings. The zero-order valence-electron chi connectivity index (χ0n) is 9.71. The maximum atomic E-state index is 10.8. The molecule has 0 unspecified atom stereocenters. The Balaban J connectivity index is 2.45. The van der Waals surface area contributed by atoms with E-state index < -0.39 is 5.97 Å². The van der Waals surface area contributed by atoms with E-state index in [0.29, 0.717) is 11.4 Å². The van der Waals surface area contributed by atoms with Gasteiger partial charge in [0, 0.05) is 0 Å². The van der Waals surface area contributed by atoms with Crippen LogP contribution in [0.5, 0.6) is 0 Å². The van der Waals surface area contributed by atoms with Crippen LogP contribution < -0.4 is 0 Å². The average Bonchev–Trinajstić information content (AvgIpc) is 2.61. The highest BCUT2D eigenvalue weighted by molar-refractivity contribution is 5.70. The lowest BCUT2D eigenvalue weighted by Gasteiger charge is -2.05. The lowest BCUT2D eigenvalue weighted by atomic mass is 10.2. The first kappa shape index (κ1) is 11.3. The molecule has 5 nitrogen and oxygen atoms in total.